The Morgan fingerprint density at radius 3 is 3.00 bits per heavy atom. The maximum Gasteiger partial charge on any atom is 0.225 e. The van der Waals surface area contributed by atoms with Crippen molar-refractivity contribution < 1.29 is 9.53 Å². The van der Waals surface area contributed by atoms with Crippen molar-refractivity contribution in [1.29, 1.82) is 0 Å². The van der Waals surface area contributed by atoms with Gasteiger partial charge in [0.2, 0.25) is 11.9 Å². The summed E-state index contributed by atoms with van der Waals surface area (Å²) in [4.78, 5) is 25.7. The fraction of sp³-hybridized carbons (Fsp3) is 0.706. The van der Waals surface area contributed by atoms with Crippen molar-refractivity contribution in [2.75, 3.05) is 57.4 Å². The molecule has 7 nitrogen and oxygen atoms in total. The predicted molar refractivity (Wildman–Crippen MR) is 92.0 cm³/mol. The van der Waals surface area contributed by atoms with E-state index in [0.717, 1.165) is 63.9 Å². The highest BCUT2D eigenvalue weighted by molar-refractivity contribution is 5.79. The van der Waals surface area contributed by atoms with Gasteiger partial charge in [0, 0.05) is 51.2 Å². The first-order valence-electron chi connectivity index (χ1n) is 8.85. The molecule has 0 radical (unpaired) electrons. The molecule has 0 aromatic carbocycles. The lowest BCUT2D eigenvalue weighted by Crippen LogP contribution is -2.46. The number of nitrogens with one attached hydrogen (secondary N) is 1. The second-order valence-corrected chi connectivity index (χ2v) is 6.53. The van der Waals surface area contributed by atoms with Crippen LogP contribution in [0.5, 0.6) is 0 Å². The lowest BCUT2D eigenvalue weighted by atomic mass is 9.97. The number of aryl methyl sites for hydroxylation is 1. The molecule has 2 saturated heterocycles. The summed E-state index contributed by atoms with van der Waals surface area (Å²) < 4.78 is 5.34. The lowest BCUT2D eigenvalue weighted by molar-refractivity contribution is -0.125. The van der Waals surface area contributed by atoms with Crippen LogP contribution in [0.25, 0.3) is 0 Å². The van der Waals surface area contributed by atoms with Crippen LogP contribution in [0.15, 0.2) is 12.3 Å². The van der Waals surface area contributed by atoms with Gasteiger partial charge in [-0.15, -0.1) is 0 Å². The monoisotopic (exact) mass is 333 g/mol. The maximum atomic E-state index is 12.5. The van der Waals surface area contributed by atoms with E-state index < -0.39 is 0 Å². The van der Waals surface area contributed by atoms with E-state index >= 15 is 0 Å². The van der Waals surface area contributed by atoms with E-state index in [4.69, 9.17) is 4.74 Å². The number of amides is 1. The minimum atomic E-state index is 0.0209. The summed E-state index contributed by atoms with van der Waals surface area (Å²) >= 11 is 0. The molecule has 0 bridgehead atoms. The third-order valence-corrected chi connectivity index (χ3v) is 4.69. The van der Waals surface area contributed by atoms with Crippen LogP contribution in [-0.4, -0.2) is 73.3 Å². The Hall–Kier alpha value is -1.73. The number of nitrogens with zero attached hydrogens (tertiary/aromatic N) is 4. The van der Waals surface area contributed by atoms with Crippen molar-refractivity contribution in [2.45, 2.75) is 19.8 Å². The summed E-state index contributed by atoms with van der Waals surface area (Å²) in [6, 6.07) is 1.89. The van der Waals surface area contributed by atoms with Gasteiger partial charge in [0.15, 0.2) is 0 Å². The molecule has 1 amide bonds. The summed E-state index contributed by atoms with van der Waals surface area (Å²) in [6.07, 6.45) is 3.72. The van der Waals surface area contributed by atoms with Gasteiger partial charge in [-0.05, 0) is 25.8 Å². The molecular formula is C17H27N5O2. The fourth-order valence-corrected chi connectivity index (χ4v) is 3.27. The quantitative estimate of drug-likeness (QED) is 0.844. The van der Waals surface area contributed by atoms with Crippen molar-refractivity contribution in [2.24, 2.45) is 5.92 Å². The van der Waals surface area contributed by atoms with Crippen molar-refractivity contribution in [3.8, 4) is 0 Å². The lowest BCUT2D eigenvalue weighted by Gasteiger charge is -2.32. The van der Waals surface area contributed by atoms with Crippen LogP contribution in [-0.2, 0) is 9.53 Å². The minimum Gasteiger partial charge on any atom is -0.379 e. The minimum absolute atomic E-state index is 0.0209. The van der Waals surface area contributed by atoms with E-state index in [1.54, 1.807) is 6.20 Å². The Morgan fingerprint density at radius 2 is 2.21 bits per heavy atom. The number of carbonyl (C=O) groups is 1. The first-order chi connectivity index (χ1) is 11.7. The number of morpholine rings is 1. The number of anilines is 1. The summed E-state index contributed by atoms with van der Waals surface area (Å²) in [5.41, 5.74) is 0.956. The van der Waals surface area contributed by atoms with Crippen molar-refractivity contribution in [1.82, 2.24) is 20.2 Å². The summed E-state index contributed by atoms with van der Waals surface area (Å²) in [5, 5.41) is 3.09. The second kappa shape index (κ2) is 8.39. The van der Waals surface area contributed by atoms with Gasteiger partial charge >= 0.3 is 0 Å². The van der Waals surface area contributed by atoms with E-state index in [9.17, 15) is 4.79 Å². The molecule has 2 fully saturated rings. The van der Waals surface area contributed by atoms with Crippen LogP contribution in [0, 0.1) is 12.8 Å². The van der Waals surface area contributed by atoms with E-state index in [1.807, 2.05) is 13.0 Å². The predicted octanol–water partition coefficient (Wildman–Crippen LogP) is 0.450. The molecule has 0 aliphatic carbocycles. The van der Waals surface area contributed by atoms with Crippen LogP contribution in [0.4, 0.5) is 5.95 Å². The largest absolute Gasteiger partial charge is 0.379 e. The van der Waals surface area contributed by atoms with Crippen molar-refractivity contribution in [3.63, 3.8) is 0 Å². The average molecular weight is 333 g/mol. The normalized spacial score (nSPS) is 22.4. The average Bonchev–Trinajstić information content (AvgIpc) is 2.63. The number of piperidine rings is 1. The standard InChI is InChI=1S/C17H27N5O2/c1-14-4-5-19-17(20-14)22-7-2-3-15(13-22)16(23)18-6-8-21-9-11-24-12-10-21/h4-5,15H,2-3,6-13H2,1H3,(H,18,23). The molecular weight excluding hydrogens is 306 g/mol. The van der Waals surface area contributed by atoms with Gasteiger partial charge in [-0.1, -0.05) is 0 Å². The third kappa shape index (κ3) is 4.64. The van der Waals surface area contributed by atoms with Crippen LogP contribution in [0.3, 0.4) is 0 Å². The molecule has 3 rings (SSSR count). The highest BCUT2D eigenvalue weighted by Gasteiger charge is 2.27. The van der Waals surface area contributed by atoms with Crippen molar-refractivity contribution in [3.05, 3.63) is 18.0 Å². The number of ether oxygens (including phenoxy) is 1. The van der Waals surface area contributed by atoms with Gasteiger partial charge in [0.1, 0.15) is 0 Å². The highest BCUT2D eigenvalue weighted by atomic mass is 16.5. The van der Waals surface area contributed by atoms with Gasteiger partial charge in [0.25, 0.3) is 0 Å². The Balaban J connectivity index is 1.46. The molecule has 24 heavy (non-hydrogen) atoms. The Morgan fingerprint density at radius 1 is 1.38 bits per heavy atom. The van der Waals surface area contributed by atoms with E-state index in [0.29, 0.717) is 13.1 Å². The molecule has 0 spiro atoms. The Bertz CT molecular complexity index is 548. The summed E-state index contributed by atoms with van der Waals surface area (Å²) in [5.74, 6) is 0.911. The number of hydrogen-bond acceptors (Lipinski definition) is 6. The van der Waals surface area contributed by atoms with Crippen LogP contribution >= 0.6 is 0 Å². The van der Waals surface area contributed by atoms with E-state index in [2.05, 4.69) is 25.1 Å². The zero-order chi connectivity index (χ0) is 16.8. The number of carbonyl (C=O) groups excluding carboxylic acids is 1. The van der Waals surface area contributed by atoms with Gasteiger partial charge in [-0.25, -0.2) is 9.97 Å². The SMILES string of the molecule is Cc1ccnc(N2CCCC(C(=O)NCCN3CCOCC3)C2)n1. The van der Waals surface area contributed by atoms with Crippen molar-refractivity contribution >= 4 is 11.9 Å². The summed E-state index contributed by atoms with van der Waals surface area (Å²) in [7, 11) is 0. The molecule has 3 heterocycles. The first-order valence-corrected chi connectivity index (χ1v) is 8.85. The Labute approximate surface area is 143 Å². The molecule has 2 aliphatic heterocycles. The smallest absolute Gasteiger partial charge is 0.225 e. The second-order valence-electron chi connectivity index (χ2n) is 6.53. The molecule has 1 aromatic rings. The molecule has 0 saturated carbocycles. The molecule has 1 N–H and O–H groups in total. The van der Waals surface area contributed by atoms with E-state index in [-0.39, 0.29) is 11.8 Å². The van der Waals surface area contributed by atoms with Gasteiger partial charge in [0.05, 0.1) is 19.1 Å². The molecule has 1 aromatic heterocycles. The molecule has 1 atom stereocenters. The zero-order valence-electron chi connectivity index (χ0n) is 14.4. The fourth-order valence-electron chi connectivity index (χ4n) is 3.27. The number of hydrogen-bond donors (Lipinski definition) is 1. The molecule has 1 unspecified atom stereocenters. The van der Waals surface area contributed by atoms with E-state index in [1.165, 1.54) is 0 Å². The van der Waals surface area contributed by atoms with Crippen LogP contribution in [0.1, 0.15) is 18.5 Å². The molecule has 132 valence electrons. The van der Waals surface area contributed by atoms with Gasteiger partial charge in [-0.3, -0.25) is 9.69 Å². The highest BCUT2D eigenvalue weighted by Crippen LogP contribution is 2.20. The topological polar surface area (TPSA) is 70.6 Å². The zero-order valence-corrected chi connectivity index (χ0v) is 14.4. The number of rotatable bonds is 5. The first kappa shape index (κ1) is 17.1. The van der Waals surface area contributed by atoms with Gasteiger partial charge in [-0.2, -0.15) is 0 Å². The Kier molecular flexibility index (Phi) is 5.98. The molecule has 7 heteroatoms. The van der Waals surface area contributed by atoms with Crippen LogP contribution < -0.4 is 10.2 Å². The maximum absolute atomic E-state index is 12.5. The third-order valence-electron chi connectivity index (χ3n) is 4.69. The molecule has 2 aliphatic rings. The summed E-state index contributed by atoms with van der Waals surface area (Å²) in [6.45, 7) is 8.68. The van der Waals surface area contributed by atoms with Gasteiger partial charge < -0.3 is 15.0 Å². The number of aromatic nitrogens is 2. The van der Waals surface area contributed by atoms with Crippen LogP contribution in [0.2, 0.25) is 0 Å².